The third-order valence-corrected chi connectivity index (χ3v) is 7.45. The average molecular weight is 382 g/mol. The zero-order chi connectivity index (χ0) is 19.7. The zero-order valence-corrected chi connectivity index (χ0v) is 16.1. The molecule has 0 amide bonds. The van der Waals surface area contributed by atoms with E-state index in [2.05, 4.69) is 42.7 Å². The first-order chi connectivity index (χ1) is 13.4. The molecular formula is C24H23F3N+. The van der Waals surface area contributed by atoms with E-state index < -0.39 is 11.7 Å². The van der Waals surface area contributed by atoms with E-state index in [-0.39, 0.29) is 11.0 Å². The molecule has 1 fully saturated rings. The minimum atomic E-state index is -4.32. The predicted octanol–water partition coefficient (Wildman–Crippen LogP) is 6.37. The standard InChI is InChI=1S/C24H23F3N/c1-3-22-13-14-23(22,4-2)28-20-8-6-5-7-16(20)9-12-21(28)18-11-10-17(15-19(18)22)24(25,26)27/h5-12,15H,3-4,13-14H2,1-2H3/q+1. The number of para-hydroxylation sites is 1. The summed E-state index contributed by atoms with van der Waals surface area (Å²) in [5.74, 6) is 0. The van der Waals surface area contributed by atoms with Crippen molar-refractivity contribution in [1.29, 1.82) is 0 Å². The molecule has 1 nitrogen and oxygen atoms in total. The van der Waals surface area contributed by atoms with Gasteiger partial charge in [0.1, 0.15) is 0 Å². The molecule has 0 bridgehead atoms. The van der Waals surface area contributed by atoms with E-state index >= 15 is 0 Å². The Morgan fingerprint density at radius 1 is 0.929 bits per heavy atom. The molecule has 5 rings (SSSR count). The maximum absolute atomic E-state index is 13.5. The van der Waals surface area contributed by atoms with Gasteiger partial charge in [-0.05, 0) is 48.7 Å². The molecule has 0 N–H and O–H groups in total. The first-order valence-electron chi connectivity index (χ1n) is 10.0. The van der Waals surface area contributed by atoms with Crippen molar-refractivity contribution in [3.8, 4) is 11.3 Å². The van der Waals surface area contributed by atoms with Crippen LogP contribution in [0.2, 0.25) is 0 Å². The highest BCUT2D eigenvalue weighted by Gasteiger charge is 2.68. The van der Waals surface area contributed by atoms with Crippen molar-refractivity contribution < 1.29 is 17.7 Å². The molecule has 0 spiro atoms. The maximum atomic E-state index is 13.5. The molecule has 2 aliphatic rings. The van der Waals surface area contributed by atoms with Crippen molar-refractivity contribution in [3.05, 3.63) is 65.7 Å². The molecule has 1 aliphatic heterocycles. The van der Waals surface area contributed by atoms with Crippen LogP contribution in [0.15, 0.2) is 54.6 Å². The van der Waals surface area contributed by atoms with Gasteiger partial charge in [0.15, 0.2) is 5.54 Å². The van der Waals surface area contributed by atoms with Gasteiger partial charge >= 0.3 is 6.18 Å². The second-order valence-corrected chi connectivity index (χ2v) is 8.19. The van der Waals surface area contributed by atoms with Crippen LogP contribution in [-0.2, 0) is 17.1 Å². The van der Waals surface area contributed by atoms with Gasteiger partial charge in [-0.25, -0.2) is 0 Å². The fraction of sp³-hybridized carbons (Fsp3) is 0.375. The highest BCUT2D eigenvalue weighted by atomic mass is 19.4. The van der Waals surface area contributed by atoms with Gasteiger partial charge in [-0.3, -0.25) is 0 Å². The first-order valence-corrected chi connectivity index (χ1v) is 10.0. The maximum Gasteiger partial charge on any atom is 0.416 e. The molecule has 1 saturated carbocycles. The van der Waals surface area contributed by atoms with Crippen LogP contribution in [0.5, 0.6) is 0 Å². The first kappa shape index (κ1) is 17.7. The second-order valence-electron chi connectivity index (χ2n) is 8.19. The molecule has 1 aromatic heterocycles. The normalized spacial score (nSPS) is 25.6. The van der Waals surface area contributed by atoms with E-state index in [0.29, 0.717) is 0 Å². The molecule has 2 unspecified atom stereocenters. The van der Waals surface area contributed by atoms with Crippen molar-refractivity contribution >= 4 is 10.9 Å². The summed E-state index contributed by atoms with van der Waals surface area (Å²) >= 11 is 0. The van der Waals surface area contributed by atoms with Crippen LogP contribution < -0.4 is 4.57 Å². The van der Waals surface area contributed by atoms with Crippen molar-refractivity contribution in [2.45, 2.75) is 56.7 Å². The van der Waals surface area contributed by atoms with Crippen LogP contribution in [0.25, 0.3) is 22.2 Å². The fourth-order valence-corrected chi connectivity index (χ4v) is 6.01. The average Bonchev–Trinajstić information content (AvgIpc) is 2.68. The Morgan fingerprint density at radius 2 is 1.71 bits per heavy atom. The number of alkyl halides is 3. The molecule has 144 valence electrons. The minimum absolute atomic E-state index is 0.171. The summed E-state index contributed by atoms with van der Waals surface area (Å²) in [6.45, 7) is 4.31. The summed E-state index contributed by atoms with van der Waals surface area (Å²) in [6.07, 6.45) is -0.646. The lowest BCUT2D eigenvalue weighted by atomic mass is 9.47. The van der Waals surface area contributed by atoms with E-state index in [1.807, 2.05) is 12.1 Å². The molecule has 0 saturated heterocycles. The van der Waals surface area contributed by atoms with Crippen molar-refractivity contribution in [2.75, 3.05) is 0 Å². The topological polar surface area (TPSA) is 3.88 Å². The SMILES string of the molecule is CCC12CCC1(CC)[n+]1c(ccc3ccccc31)-c1ccc(C(F)(F)F)cc12. The number of nitrogens with zero attached hydrogens (tertiary/aromatic N) is 1. The van der Waals surface area contributed by atoms with Crippen LogP contribution >= 0.6 is 0 Å². The Labute approximate surface area is 162 Å². The van der Waals surface area contributed by atoms with Crippen LogP contribution in [0.1, 0.15) is 50.7 Å². The van der Waals surface area contributed by atoms with Gasteiger partial charge in [0, 0.05) is 30.4 Å². The lowest BCUT2D eigenvalue weighted by Crippen LogP contribution is -2.75. The van der Waals surface area contributed by atoms with Crippen molar-refractivity contribution in [1.82, 2.24) is 0 Å². The van der Waals surface area contributed by atoms with Crippen LogP contribution in [0.3, 0.4) is 0 Å². The van der Waals surface area contributed by atoms with Gasteiger partial charge in [-0.2, -0.15) is 17.7 Å². The molecule has 0 radical (unpaired) electrons. The third-order valence-electron chi connectivity index (χ3n) is 7.45. The third kappa shape index (κ3) is 1.96. The summed E-state index contributed by atoms with van der Waals surface area (Å²) in [6, 6.07) is 16.9. The van der Waals surface area contributed by atoms with Gasteiger partial charge in [-0.1, -0.05) is 26.0 Å². The molecule has 1 aliphatic carbocycles. The molecule has 4 heteroatoms. The fourth-order valence-electron chi connectivity index (χ4n) is 6.01. The molecule has 2 aromatic carbocycles. The molecule has 2 atom stereocenters. The summed E-state index contributed by atoms with van der Waals surface area (Å²) < 4.78 is 43.0. The van der Waals surface area contributed by atoms with Gasteiger partial charge in [0.25, 0.3) is 0 Å². The number of aromatic nitrogens is 1. The number of fused-ring (bicyclic) bond motifs is 8. The monoisotopic (exact) mass is 382 g/mol. The van der Waals surface area contributed by atoms with E-state index in [9.17, 15) is 13.2 Å². The van der Waals surface area contributed by atoms with Crippen LogP contribution in [-0.4, -0.2) is 0 Å². The summed E-state index contributed by atoms with van der Waals surface area (Å²) in [7, 11) is 0. The van der Waals surface area contributed by atoms with Crippen molar-refractivity contribution in [3.63, 3.8) is 0 Å². The molecule has 28 heavy (non-hydrogen) atoms. The Bertz CT molecular complexity index is 1090. The van der Waals surface area contributed by atoms with Gasteiger partial charge in [0.2, 0.25) is 11.2 Å². The molecule has 2 heterocycles. The molecule has 3 aromatic rings. The smallest absolute Gasteiger partial charge is 0.185 e. The number of halogens is 3. The van der Waals surface area contributed by atoms with Crippen LogP contribution in [0.4, 0.5) is 13.2 Å². The van der Waals surface area contributed by atoms with Crippen molar-refractivity contribution in [2.24, 2.45) is 0 Å². The van der Waals surface area contributed by atoms with E-state index in [1.54, 1.807) is 6.07 Å². The Kier molecular flexibility index (Phi) is 3.54. The molecular weight excluding hydrogens is 359 g/mol. The number of hydrogen-bond donors (Lipinski definition) is 0. The van der Waals surface area contributed by atoms with Gasteiger partial charge in [-0.15, -0.1) is 0 Å². The Morgan fingerprint density at radius 3 is 2.36 bits per heavy atom. The summed E-state index contributed by atoms with van der Waals surface area (Å²) in [4.78, 5) is 0. The van der Waals surface area contributed by atoms with Gasteiger partial charge < -0.3 is 0 Å². The quantitative estimate of drug-likeness (QED) is 0.453. The second kappa shape index (κ2) is 5.59. The Hall–Kier alpha value is -2.36. The van der Waals surface area contributed by atoms with Crippen LogP contribution in [0, 0.1) is 0 Å². The van der Waals surface area contributed by atoms with E-state index in [1.165, 1.54) is 23.0 Å². The number of hydrogen-bond acceptors (Lipinski definition) is 0. The highest BCUT2D eigenvalue weighted by molar-refractivity contribution is 5.79. The summed E-state index contributed by atoms with van der Waals surface area (Å²) in [5, 5.41) is 1.17. The number of pyridine rings is 1. The lowest BCUT2D eigenvalue weighted by molar-refractivity contribution is -0.762. The largest absolute Gasteiger partial charge is 0.416 e. The van der Waals surface area contributed by atoms with E-state index in [4.69, 9.17) is 0 Å². The minimum Gasteiger partial charge on any atom is -0.185 e. The number of rotatable bonds is 2. The van der Waals surface area contributed by atoms with Gasteiger partial charge in [0.05, 0.1) is 16.5 Å². The summed E-state index contributed by atoms with van der Waals surface area (Å²) in [5.41, 5.74) is 3.08. The zero-order valence-electron chi connectivity index (χ0n) is 16.1. The predicted molar refractivity (Wildman–Crippen MR) is 104 cm³/mol. The Balaban J connectivity index is 1.92. The highest BCUT2D eigenvalue weighted by Crippen LogP contribution is 2.62. The lowest BCUT2D eigenvalue weighted by Gasteiger charge is -2.58. The van der Waals surface area contributed by atoms with E-state index in [0.717, 1.165) is 42.5 Å². The number of benzene rings is 2.